The average molecular weight is 270 g/mol. The zero-order chi connectivity index (χ0) is 13.2. The monoisotopic (exact) mass is 270 g/mol. The molecule has 1 aliphatic heterocycles. The van der Waals surface area contributed by atoms with E-state index >= 15 is 0 Å². The summed E-state index contributed by atoms with van der Waals surface area (Å²) >= 11 is 1.49. The molecule has 1 amide bonds. The number of aliphatic imine (C=N–C) groups is 1. The van der Waals surface area contributed by atoms with E-state index in [2.05, 4.69) is 10.3 Å². The Balaban J connectivity index is 1.92. The quantitative estimate of drug-likeness (QED) is 0.823. The van der Waals surface area contributed by atoms with Crippen LogP contribution in [0.1, 0.15) is 46.0 Å². The van der Waals surface area contributed by atoms with Gasteiger partial charge in [0.2, 0.25) is 5.91 Å². The van der Waals surface area contributed by atoms with Crippen LogP contribution in [0.3, 0.4) is 0 Å². The van der Waals surface area contributed by atoms with Crippen molar-refractivity contribution in [1.29, 1.82) is 0 Å². The Labute approximate surface area is 113 Å². The first-order valence-electron chi connectivity index (χ1n) is 6.74. The van der Waals surface area contributed by atoms with Crippen LogP contribution in [0.15, 0.2) is 4.99 Å². The summed E-state index contributed by atoms with van der Waals surface area (Å²) in [5.41, 5.74) is -0.646. The van der Waals surface area contributed by atoms with Crippen LogP contribution in [0.4, 0.5) is 0 Å². The lowest BCUT2D eigenvalue weighted by Gasteiger charge is -2.30. The van der Waals surface area contributed by atoms with Crippen molar-refractivity contribution >= 4 is 22.8 Å². The molecule has 1 atom stereocenters. The molecule has 1 saturated carbocycles. The van der Waals surface area contributed by atoms with E-state index in [1.54, 1.807) is 0 Å². The van der Waals surface area contributed by atoms with Crippen LogP contribution in [0.25, 0.3) is 0 Å². The van der Waals surface area contributed by atoms with Crippen molar-refractivity contribution in [1.82, 2.24) is 5.32 Å². The van der Waals surface area contributed by atoms with Crippen molar-refractivity contribution in [3.8, 4) is 0 Å². The number of nitrogens with zero attached hydrogens (tertiary/aromatic N) is 1. The molecule has 1 aliphatic carbocycles. The highest BCUT2D eigenvalue weighted by atomic mass is 32.2. The first-order valence-corrected chi connectivity index (χ1v) is 7.62. The second-order valence-electron chi connectivity index (χ2n) is 5.68. The molecule has 0 spiro atoms. The van der Waals surface area contributed by atoms with E-state index in [1.807, 2.05) is 13.8 Å². The summed E-state index contributed by atoms with van der Waals surface area (Å²) in [6, 6.07) is 0. The minimum atomic E-state index is -0.646. The molecule has 2 fully saturated rings. The Kier molecular flexibility index (Phi) is 4.33. The number of hydrogen-bond donors (Lipinski definition) is 2. The highest BCUT2D eigenvalue weighted by Crippen LogP contribution is 2.30. The summed E-state index contributed by atoms with van der Waals surface area (Å²) in [5, 5.41) is 13.8. The number of hydrogen-bond acceptors (Lipinski definition) is 4. The van der Waals surface area contributed by atoms with E-state index in [4.69, 9.17) is 0 Å². The molecule has 102 valence electrons. The summed E-state index contributed by atoms with van der Waals surface area (Å²) in [4.78, 5) is 16.1. The van der Waals surface area contributed by atoms with Crippen molar-refractivity contribution < 1.29 is 9.90 Å². The van der Waals surface area contributed by atoms with E-state index < -0.39 is 5.60 Å². The summed E-state index contributed by atoms with van der Waals surface area (Å²) in [6.45, 7) is 4.49. The van der Waals surface area contributed by atoms with Crippen LogP contribution < -0.4 is 5.32 Å². The van der Waals surface area contributed by atoms with E-state index in [0.717, 1.165) is 25.7 Å². The van der Waals surface area contributed by atoms with Gasteiger partial charge in [-0.15, -0.1) is 0 Å². The minimum absolute atomic E-state index is 0.0373. The molecular weight excluding hydrogens is 248 g/mol. The van der Waals surface area contributed by atoms with Gasteiger partial charge in [-0.2, -0.15) is 0 Å². The van der Waals surface area contributed by atoms with Gasteiger partial charge in [0, 0.05) is 0 Å². The van der Waals surface area contributed by atoms with Gasteiger partial charge in [-0.3, -0.25) is 9.79 Å². The lowest BCUT2D eigenvalue weighted by molar-refractivity contribution is -0.119. The van der Waals surface area contributed by atoms with Crippen LogP contribution in [-0.2, 0) is 4.79 Å². The maximum absolute atomic E-state index is 11.7. The number of carbonyl (C=O) groups excluding carboxylic acids is 1. The van der Waals surface area contributed by atoms with Gasteiger partial charge in [-0.25, -0.2) is 0 Å². The lowest BCUT2D eigenvalue weighted by Crippen LogP contribution is -2.35. The first-order chi connectivity index (χ1) is 8.50. The standard InChI is InChI=1S/C13H22N2O2S/c1-9(2)10-11(16)15-12(18-10)14-8-13(17)6-4-3-5-7-13/h9-10,17H,3-8H2,1-2H3,(H,14,15,16)/t10-/m1/s1. The third-order valence-electron chi connectivity index (χ3n) is 3.63. The Morgan fingerprint density at radius 3 is 2.67 bits per heavy atom. The zero-order valence-corrected chi connectivity index (χ0v) is 11.9. The number of thioether (sulfide) groups is 1. The Hall–Kier alpha value is -0.550. The molecule has 2 aliphatic rings. The second-order valence-corrected chi connectivity index (χ2v) is 6.81. The fourth-order valence-electron chi connectivity index (χ4n) is 2.48. The van der Waals surface area contributed by atoms with Gasteiger partial charge in [-0.05, 0) is 18.8 Å². The Bertz CT molecular complexity index is 349. The van der Waals surface area contributed by atoms with Crippen LogP contribution in [-0.4, -0.2) is 33.6 Å². The topological polar surface area (TPSA) is 61.7 Å². The first kappa shape index (κ1) is 13.9. The summed E-state index contributed by atoms with van der Waals surface area (Å²) in [7, 11) is 0. The molecule has 0 radical (unpaired) electrons. The molecule has 0 bridgehead atoms. The molecular formula is C13H22N2O2S. The molecule has 2 rings (SSSR count). The average Bonchev–Trinajstić information content (AvgIpc) is 2.69. The van der Waals surface area contributed by atoms with Crippen molar-refractivity contribution in [2.75, 3.05) is 6.54 Å². The van der Waals surface area contributed by atoms with Crippen molar-refractivity contribution in [3.05, 3.63) is 0 Å². The van der Waals surface area contributed by atoms with E-state index in [9.17, 15) is 9.90 Å². The predicted octanol–water partition coefficient (Wildman–Crippen LogP) is 1.93. The number of rotatable bonds is 3. The summed E-state index contributed by atoms with van der Waals surface area (Å²) in [5.74, 6) is 0.352. The van der Waals surface area contributed by atoms with Crippen molar-refractivity contribution in [3.63, 3.8) is 0 Å². The third-order valence-corrected chi connectivity index (χ3v) is 5.10. The van der Waals surface area contributed by atoms with Gasteiger partial charge in [0.1, 0.15) is 0 Å². The van der Waals surface area contributed by atoms with Crippen molar-refractivity contribution in [2.45, 2.75) is 56.8 Å². The SMILES string of the molecule is CC(C)[C@H]1SC(=NCC2(O)CCCCC2)NC1=O. The van der Waals surface area contributed by atoms with Crippen LogP contribution in [0, 0.1) is 5.92 Å². The minimum Gasteiger partial charge on any atom is -0.388 e. The Morgan fingerprint density at radius 2 is 2.11 bits per heavy atom. The molecule has 0 aromatic heterocycles. The maximum atomic E-state index is 11.7. The number of nitrogens with one attached hydrogen (secondary N) is 1. The highest BCUT2D eigenvalue weighted by molar-refractivity contribution is 8.15. The number of amides is 1. The number of aliphatic hydroxyl groups is 1. The Morgan fingerprint density at radius 1 is 1.44 bits per heavy atom. The molecule has 0 unspecified atom stereocenters. The maximum Gasteiger partial charge on any atom is 0.239 e. The molecule has 1 saturated heterocycles. The van der Waals surface area contributed by atoms with Crippen LogP contribution in [0.5, 0.6) is 0 Å². The van der Waals surface area contributed by atoms with Crippen LogP contribution >= 0.6 is 11.8 Å². The predicted molar refractivity (Wildman–Crippen MR) is 74.7 cm³/mol. The third kappa shape index (κ3) is 3.26. The molecule has 0 aromatic rings. The lowest BCUT2D eigenvalue weighted by atomic mass is 9.85. The fourth-order valence-corrected chi connectivity index (χ4v) is 3.46. The fraction of sp³-hybridized carbons (Fsp3) is 0.846. The largest absolute Gasteiger partial charge is 0.388 e. The highest BCUT2D eigenvalue weighted by Gasteiger charge is 2.34. The smallest absolute Gasteiger partial charge is 0.239 e. The van der Waals surface area contributed by atoms with Crippen LogP contribution in [0.2, 0.25) is 0 Å². The van der Waals surface area contributed by atoms with Gasteiger partial charge in [-0.1, -0.05) is 44.9 Å². The van der Waals surface area contributed by atoms with Gasteiger partial charge >= 0.3 is 0 Å². The molecule has 5 heteroatoms. The van der Waals surface area contributed by atoms with E-state index in [-0.39, 0.29) is 11.2 Å². The molecule has 0 aromatic carbocycles. The van der Waals surface area contributed by atoms with Gasteiger partial charge < -0.3 is 10.4 Å². The molecule has 18 heavy (non-hydrogen) atoms. The zero-order valence-electron chi connectivity index (χ0n) is 11.1. The van der Waals surface area contributed by atoms with E-state index in [0.29, 0.717) is 17.6 Å². The summed E-state index contributed by atoms with van der Waals surface area (Å²) < 4.78 is 0. The normalized spacial score (nSPS) is 29.9. The van der Waals surface area contributed by atoms with Gasteiger partial charge in [0.25, 0.3) is 0 Å². The molecule has 4 nitrogen and oxygen atoms in total. The molecule has 2 N–H and O–H groups in total. The van der Waals surface area contributed by atoms with Crippen molar-refractivity contribution in [2.24, 2.45) is 10.9 Å². The molecule has 1 heterocycles. The summed E-state index contributed by atoms with van der Waals surface area (Å²) in [6.07, 6.45) is 5.02. The van der Waals surface area contributed by atoms with Gasteiger partial charge in [0.15, 0.2) is 5.17 Å². The number of amidine groups is 1. The second kappa shape index (κ2) is 5.61. The number of carbonyl (C=O) groups is 1. The van der Waals surface area contributed by atoms with Gasteiger partial charge in [0.05, 0.1) is 17.4 Å². The van der Waals surface area contributed by atoms with E-state index in [1.165, 1.54) is 18.2 Å².